The summed E-state index contributed by atoms with van der Waals surface area (Å²) in [5.74, 6) is -0.339. The Hall–Kier alpha value is -2.78. The number of nitrogens with zero attached hydrogens (tertiary/aromatic N) is 1. The van der Waals surface area contributed by atoms with Gasteiger partial charge in [0.25, 0.3) is 5.91 Å². The third-order valence-electron chi connectivity index (χ3n) is 6.08. The first kappa shape index (κ1) is 22.4. The van der Waals surface area contributed by atoms with Gasteiger partial charge in [-0.1, -0.05) is 31.5 Å². The van der Waals surface area contributed by atoms with Gasteiger partial charge in [0.2, 0.25) is 0 Å². The maximum Gasteiger partial charge on any atom is 0.319 e. The number of hydrogen-bond donors (Lipinski definition) is 4. The Labute approximate surface area is 191 Å². The molecule has 2 aliphatic rings. The molecule has 1 saturated heterocycles. The molecule has 0 aliphatic carbocycles. The summed E-state index contributed by atoms with van der Waals surface area (Å²) in [7, 11) is 0. The van der Waals surface area contributed by atoms with Gasteiger partial charge in [0, 0.05) is 29.6 Å². The second kappa shape index (κ2) is 9.38. The van der Waals surface area contributed by atoms with Crippen LogP contribution in [-0.2, 0) is 4.79 Å². The number of amidine groups is 1. The standard InChI is InChI=1S/C23H29N5O3S/c1-3-5-10-17-26-21(30)23(28-17)11-12-24-13-15(23)19(29)18-14-8-6-7-9-16(14)32-20(18)27-22(31)25-4-2/h6-9,15,24H,3-5,10-13H2,1-2H3,(H2,25,27,31)(H,26,28,30). The molecule has 3 heterocycles. The second-order valence-electron chi connectivity index (χ2n) is 8.20. The minimum absolute atomic E-state index is 0.169. The number of amides is 3. The summed E-state index contributed by atoms with van der Waals surface area (Å²) in [6, 6.07) is 7.23. The lowest BCUT2D eigenvalue weighted by Gasteiger charge is -2.36. The maximum atomic E-state index is 14.0. The number of aliphatic imine (C=N–C) groups is 1. The van der Waals surface area contributed by atoms with E-state index in [9.17, 15) is 14.4 Å². The Kier molecular flexibility index (Phi) is 6.57. The van der Waals surface area contributed by atoms with Crippen molar-refractivity contribution in [3.8, 4) is 0 Å². The zero-order valence-corrected chi connectivity index (χ0v) is 19.2. The Bertz CT molecular complexity index is 1080. The summed E-state index contributed by atoms with van der Waals surface area (Å²) < 4.78 is 0.906. The first-order valence-corrected chi connectivity index (χ1v) is 12.0. The predicted octanol–water partition coefficient (Wildman–Crippen LogP) is 3.29. The molecule has 2 unspecified atom stereocenters. The van der Waals surface area contributed by atoms with E-state index in [2.05, 4.69) is 28.2 Å². The van der Waals surface area contributed by atoms with Crippen molar-refractivity contribution in [2.24, 2.45) is 10.9 Å². The summed E-state index contributed by atoms with van der Waals surface area (Å²) in [5, 5.41) is 13.0. The number of fused-ring (bicyclic) bond motifs is 1. The molecule has 0 radical (unpaired) electrons. The van der Waals surface area contributed by atoms with E-state index < -0.39 is 11.5 Å². The molecule has 9 heteroatoms. The average molecular weight is 456 g/mol. The van der Waals surface area contributed by atoms with Gasteiger partial charge in [0.05, 0.1) is 11.5 Å². The molecular weight excluding hydrogens is 426 g/mol. The van der Waals surface area contributed by atoms with E-state index in [1.54, 1.807) is 0 Å². The van der Waals surface area contributed by atoms with Gasteiger partial charge in [-0.2, -0.15) is 0 Å². The Morgan fingerprint density at radius 3 is 2.88 bits per heavy atom. The van der Waals surface area contributed by atoms with Crippen LogP contribution in [0, 0.1) is 5.92 Å². The lowest BCUT2D eigenvalue weighted by molar-refractivity contribution is -0.125. The first-order valence-electron chi connectivity index (χ1n) is 11.2. The van der Waals surface area contributed by atoms with Gasteiger partial charge in [-0.05, 0) is 32.4 Å². The molecule has 0 saturated carbocycles. The van der Waals surface area contributed by atoms with Crippen molar-refractivity contribution in [3.05, 3.63) is 29.8 Å². The molecule has 4 N–H and O–H groups in total. The number of carbonyl (C=O) groups is 3. The highest BCUT2D eigenvalue weighted by molar-refractivity contribution is 7.23. The minimum Gasteiger partial charge on any atom is -0.338 e. The molecule has 32 heavy (non-hydrogen) atoms. The zero-order chi connectivity index (χ0) is 22.7. The van der Waals surface area contributed by atoms with Gasteiger partial charge in [-0.15, -0.1) is 11.3 Å². The normalized spacial score (nSPS) is 22.6. The number of piperidine rings is 1. The van der Waals surface area contributed by atoms with Crippen LogP contribution < -0.4 is 21.3 Å². The van der Waals surface area contributed by atoms with E-state index in [1.165, 1.54) is 11.3 Å². The number of anilines is 1. The highest BCUT2D eigenvalue weighted by Crippen LogP contribution is 2.41. The highest BCUT2D eigenvalue weighted by atomic mass is 32.1. The predicted molar refractivity (Wildman–Crippen MR) is 128 cm³/mol. The smallest absolute Gasteiger partial charge is 0.319 e. The van der Waals surface area contributed by atoms with E-state index in [0.29, 0.717) is 48.9 Å². The van der Waals surface area contributed by atoms with Crippen molar-refractivity contribution < 1.29 is 14.4 Å². The molecule has 4 rings (SSSR count). The SMILES string of the molecule is CCCCC1=NC2(CCNCC2C(=O)c2c(NC(=O)NCC)sc3ccccc23)C(=O)N1. The average Bonchev–Trinajstić information content (AvgIpc) is 3.29. The summed E-state index contributed by atoms with van der Waals surface area (Å²) in [6.45, 7) is 5.39. The van der Waals surface area contributed by atoms with Crippen molar-refractivity contribution in [2.75, 3.05) is 25.0 Å². The van der Waals surface area contributed by atoms with E-state index in [-0.39, 0.29) is 17.7 Å². The fraction of sp³-hybridized carbons (Fsp3) is 0.478. The van der Waals surface area contributed by atoms with Crippen molar-refractivity contribution in [2.45, 2.75) is 45.1 Å². The van der Waals surface area contributed by atoms with E-state index in [4.69, 9.17) is 4.99 Å². The molecule has 170 valence electrons. The fourth-order valence-electron chi connectivity index (χ4n) is 4.47. The summed E-state index contributed by atoms with van der Waals surface area (Å²) in [6.07, 6.45) is 3.10. The van der Waals surface area contributed by atoms with Gasteiger partial charge in [-0.3, -0.25) is 19.9 Å². The number of ketones is 1. The van der Waals surface area contributed by atoms with Gasteiger partial charge in [-0.25, -0.2) is 4.79 Å². The van der Waals surface area contributed by atoms with E-state index >= 15 is 0 Å². The number of hydrogen-bond acceptors (Lipinski definition) is 6. The van der Waals surface area contributed by atoms with Crippen molar-refractivity contribution >= 4 is 50.0 Å². The monoisotopic (exact) mass is 455 g/mol. The summed E-state index contributed by atoms with van der Waals surface area (Å²) >= 11 is 1.36. The molecule has 1 aromatic carbocycles. The van der Waals surface area contributed by atoms with Crippen LogP contribution in [0.4, 0.5) is 9.80 Å². The van der Waals surface area contributed by atoms with Crippen LogP contribution in [0.5, 0.6) is 0 Å². The first-order chi connectivity index (χ1) is 15.5. The lowest BCUT2D eigenvalue weighted by atomic mass is 9.74. The minimum atomic E-state index is -1.10. The van der Waals surface area contributed by atoms with Gasteiger partial charge >= 0.3 is 6.03 Å². The number of carbonyl (C=O) groups excluding carboxylic acids is 3. The van der Waals surface area contributed by atoms with Crippen LogP contribution in [0.3, 0.4) is 0 Å². The maximum absolute atomic E-state index is 14.0. The number of thiophene rings is 1. The third-order valence-corrected chi connectivity index (χ3v) is 7.17. The number of Topliss-reactive ketones (excluding diaryl/α,β-unsaturated/α-hetero) is 1. The molecule has 0 bridgehead atoms. The fourth-order valence-corrected chi connectivity index (χ4v) is 5.57. The molecule has 2 atom stereocenters. The van der Waals surface area contributed by atoms with Crippen molar-refractivity contribution in [1.82, 2.24) is 16.0 Å². The molecule has 2 aliphatic heterocycles. The number of unbranched alkanes of at least 4 members (excludes halogenated alkanes) is 1. The largest absolute Gasteiger partial charge is 0.338 e. The van der Waals surface area contributed by atoms with Crippen molar-refractivity contribution in [3.63, 3.8) is 0 Å². The molecule has 3 amide bonds. The molecule has 1 fully saturated rings. The highest BCUT2D eigenvalue weighted by Gasteiger charge is 2.54. The molecule has 1 spiro atoms. The second-order valence-corrected chi connectivity index (χ2v) is 9.25. The Morgan fingerprint density at radius 2 is 2.09 bits per heavy atom. The molecule has 1 aromatic heterocycles. The van der Waals surface area contributed by atoms with Crippen LogP contribution in [0.1, 0.15) is 49.9 Å². The third kappa shape index (κ3) is 4.02. The number of urea groups is 1. The Morgan fingerprint density at radius 1 is 1.28 bits per heavy atom. The van der Waals surface area contributed by atoms with E-state index in [1.807, 2.05) is 31.2 Å². The lowest BCUT2D eigenvalue weighted by Crippen LogP contribution is -2.57. The van der Waals surface area contributed by atoms with Crippen LogP contribution in [0.2, 0.25) is 0 Å². The van der Waals surface area contributed by atoms with Crippen molar-refractivity contribution in [1.29, 1.82) is 0 Å². The van der Waals surface area contributed by atoms with Crippen LogP contribution in [0.15, 0.2) is 29.3 Å². The number of rotatable bonds is 7. The van der Waals surface area contributed by atoms with Gasteiger partial charge in [0.1, 0.15) is 10.8 Å². The molecular formula is C23H29N5O3S. The van der Waals surface area contributed by atoms with Gasteiger partial charge in [0.15, 0.2) is 11.3 Å². The zero-order valence-electron chi connectivity index (χ0n) is 18.4. The Balaban J connectivity index is 1.75. The summed E-state index contributed by atoms with van der Waals surface area (Å²) in [4.78, 5) is 44.2. The quantitative estimate of drug-likeness (QED) is 0.480. The number of nitrogens with one attached hydrogen (secondary N) is 4. The van der Waals surface area contributed by atoms with Crippen LogP contribution in [-0.4, -0.2) is 48.7 Å². The van der Waals surface area contributed by atoms with E-state index in [0.717, 1.165) is 22.9 Å². The number of benzene rings is 1. The molecule has 2 aromatic rings. The summed E-state index contributed by atoms with van der Waals surface area (Å²) in [5.41, 5.74) is -0.646. The van der Waals surface area contributed by atoms with Gasteiger partial charge < -0.3 is 16.0 Å². The molecule has 8 nitrogen and oxygen atoms in total. The van der Waals surface area contributed by atoms with Crippen LogP contribution >= 0.6 is 11.3 Å². The van der Waals surface area contributed by atoms with Crippen LogP contribution in [0.25, 0.3) is 10.1 Å². The topological polar surface area (TPSA) is 112 Å².